The van der Waals surface area contributed by atoms with E-state index in [-0.39, 0.29) is 4.90 Å². The van der Waals surface area contributed by atoms with Gasteiger partial charge in [-0.25, -0.2) is 13.1 Å². The van der Waals surface area contributed by atoms with E-state index in [1.807, 2.05) is 21.0 Å². The van der Waals surface area contributed by atoms with Gasteiger partial charge in [-0.05, 0) is 52.0 Å². The Morgan fingerprint density at radius 2 is 1.73 bits per heavy atom. The normalized spacial score (nSPS) is 11.7. The van der Waals surface area contributed by atoms with Crippen molar-refractivity contribution in [1.29, 1.82) is 0 Å². The molecule has 0 unspecified atom stereocenters. The summed E-state index contributed by atoms with van der Waals surface area (Å²) in [4.78, 5) is 2.17. The van der Waals surface area contributed by atoms with Gasteiger partial charge < -0.3 is 14.4 Å². The summed E-state index contributed by atoms with van der Waals surface area (Å²) in [5, 5.41) is 0. The Kier molecular flexibility index (Phi) is 7.12. The largest absolute Gasteiger partial charge is 0.496 e. The lowest BCUT2D eigenvalue weighted by Crippen LogP contribution is -2.26. The third-order valence-corrected chi connectivity index (χ3v) is 4.78. The summed E-state index contributed by atoms with van der Waals surface area (Å²) >= 11 is 0. The highest BCUT2D eigenvalue weighted by Crippen LogP contribution is 2.31. The molecule has 0 aliphatic heterocycles. The van der Waals surface area contributed by atoms with Gasteiger partial charge in [-0.15, -0.1) is 0 Å². The summed E-state index contributed by atoms with van der Waals surface area (Å²) < 4.78 is 37.9. The minimum absolute atomic E-state index is 0.102. The minimum atomic E-state index is -3.62. The number of hydrogen-bond acceptors (Lipinski definition) is 5. The number of nitrogens with zero attached hydrogens (tertiary/aromatic N) is 1. The van der Waals surface area contributed by atoms with Gasteiger partial charge in [-0.1, -0.05) is 0 Å². The van der Waals surface area contributed by atoms with Crippen molar-refractivity contribution in [1.82, 2.24) is 9.62 Å². The Bertz CT molecular complexity index is 585. The summed E-state index contributed by atoms with van der Waals surface area (Å²) in [6, 6.07) is 3.16. The molecule has 1 rings (SSSR count). The second-order valence-electron chi connectivity index (χ2n) is 5.38. The second kappa shape index (κ2) is 8.36. The van der Waals surface area contributed by atoms with Gasteiger partial charge >= 0.3 is 0 Å². The van der Waals surface area contributed by atoms with Crippen LogP contribution in [0.15, 0.2) is 17.0 Å². The van der Waals surface area contributed by atoms with Gasteiger partial charge in [0.15, 0.2) is 0 Å². The van der Waals surface area contributed by atoms with Crippen molar-refractivity contribution in [3.8, 4) is 11.5 Å². The molecule has 0 amide bonds. The molecule has 0 saturated carbocycles. The molecule has 0 aromatic heterocycles. The number of hydrogen-bond donors (Lipinski definition) is 1. The molecular formula is C15H26N2O4S. The SMILES string of the molecule is COc1cc(S(=O)(=O)NCCCCN(C)C)c(OC)cc1C. The van der Waals surface area contributed by atoms with Crippen LogP contribution in [0.25, 0.3) is 0 Å². The summed E-state index contributed by atoms with van der Waals surface area (Å²) in [7, 11) is 3.34. The van der Waals surface area contributed by atoms with Crippen molar-refractivity contribution >= 4 is 10.0 Å². The lowest BCUT2D eigenvalue weighted by atomic mass is 10.2. The van der Waals surface area contributed by atoms with E-state index in [0.717, 1.165) is 24.9 Å². The molecule has 0 spiro atoms. The number of sulfonamides is 1. The smallest absolute Gasteiger partial charge is 0.244 e. The molecule has 0 fully saturated rings. The first-order chi connectivity index (χ1) is 10.3. The average molecular weight is 330 g/mol. The number of aryl methyl sites for hydroxylation is 1. The van der Waals surface area contributed by atoms with E-state index in [1.165, 1.54) is 20.3 Å². The fraction of sp³-hybridized carbons (Fsp3) is 0.600. The van der Waals surface area contributed by atoms with Crippen molar-refractivity contribution in [3.63, 3.8) is 0 Å². The summed E-state index contributed by atoms with van der Waals surface area (Å²) in [6.07, 6.45) is 1.71. The molecule has 0 atom stereocenters. The van der Waals surface area contributed by atoms with Gasteiger partial charge in [0.05, 0.1) is 14.2 Å². The topological polar surface area (TPSA) is 67.9 Å². The molecule has 1 aromatic rings. The van der Waals surface area contributed by atoms with Gasteiger partial charge in [0.2, 0.25) is 10.0 Å². The van der Waals surface area contributed by atoms with E-state index in [0.29, 0.717) is 18.0 Å². The monoisotopic (exact) mass is 330 g/mol. The third-order valence-electron chi connectivity index (χ3n) is 3.29. The van der Waals surface area contributed by atoms with Gasteiger partial charge in [-0.3, -0.25) is 0 Å². The molecule has 1 N–H and O–H groups in total. The highest BCUT2D eigenvalue weighted by Gasteiger charge is 2.21. The lowest BCUT2D eigenvalue weighted by molar-refractivity contribution is 0.389. The molecule has 0 saturated heterocycles. The standard InChI is InChI=1S/C15H26N2O4S/c1-12-10-14(21-5)15(11-13(12)20-4)22(18,19)16-8-6-7-9-17(2)3/h10-11,16H,6-9H2,1-5H3. The lowest BCUT2D eigenvalue weighted by Gasteiger charge is -2.14. The van der Waals surface area contributed by atoms with Gasteiger partial charge in [0.1, 0.15) is 16.4 Å². The number of methoxy groups -OCH3 is 2. The predicted octanol–water partition coefficient (Wildman–Crippen LogP) is 1.63. The quantitative estimate of drug-likeness (QED) is 0.697. The maximum atomic E-state index is 12.4. The highest BCUT2D eigenvalue weighted by atomic mass is 32.2. The Morgan fingerprint density at radius 3 is 2.27 bits per heavy atom. The Labute approximate surface area is 133 Å². The number of nitrogens with one attached hydrogen (secondary N) is 1. The Hall–Kier alpha value is -1.31. The van der Waals surface area contributed by atoms with Crippen LogP contribution in [-0.2, 0) is 10.0 Å². The van der Waals surface area contributed by atoms with Crippen molar-refractivity contribution in [3.05, 3.63) is 17.7 Å². The van der Waals surface area contributed by atoms with E-state index < -0.39 is 10.0 Å². The fourth-order valence-corrected chi connectivity index (χ4v) is 3.31. The molecule has 0 bridgehead atoms. The van der Waals surface area contributed by atoms with Crippen LogP contribution < -0.4 is 14.2 Å². The third kappa shape index (κ3) is 5.15. The van der Waals surface area contributed by atoms with Crippen LogP contribution in [0.1, 0.15) is 18.4 Å². The van der Waals surface area contributed by atoms with Gasteiger partial charge in [0.25, 0.3) is 0 Å². The van der Waals surface area contributed by atoms with E-state index >= 15 is 0 Å². The van der Waals surface area contributed by atoms with Crippen LogP contribution in [0.2, 0.25) is 0 Å². The van der Waals surface area contributed by atoms with Crippen molar-refractivity contribution < 1.29 is 17.9 Å². The van der Waals surface area contributed by atoms with E-state index in [4.69, 9.17) is 9.47 Å². The minimum Gasteiger partial charge on any atom is -0.496 e. The molecule has 7 heteroatoms. The van der Waals surface area contributed by atoms with Crippen LogP contribution in [0.5, 0.6) is 11.5 Å². The van der Waals surface area contributed by atoms with Crippen LogP contribution in [0.3, 0.4) is 0 Å². The number of unbranched alkanes of at least 4 members (excludes halogenated alkanes) is 1. The zero-order valence-electron chi connectivity index (χ0n) is 14.0. The Balaban J connectivity index is 2.83. The molecule has 6 nitrogen and oxygen atoms in total. The van der Waals surface area contributed by atoms with E-state index in [9.17, 15) is 8.42 Å². The zero-order valence-corrected chi connectivity index (χ0v) is 14.8. The van der Waals surface area contributed by atoms with Crippen LogP contribution in [-0.4, -0.2) is 54.7 Å². The van der Waals surface area contributed by atoms with Crippen molar-refractivity contribution in [2.24, 2.45) is 0 Å². The van der Waals surface area contributed by atoms with Crippen molar-refractivity contribution in [2.75, 3.05) is 41.4 Å². The van der Waals surface area contributed by atoms with Crippen LogP contribution >= 0.6 is 0 Å². The van der Waals surface area contributed by atoms with Gasteiger partial charge in [0, 0.05) is 12.6 Å². The number of benzene rings is 1. The van der Waals surface area contributed by atoms with Crippen molar-refractivity contribution in [2.45, 2.75) is 24.7 Å². The fourth-order valence-electron chi connectivity index (χ4n) is 2.07. The molecule has 0 aliphatic carbocycles. The molecule has 0 heterocycles. The first-order valence-electron chi connectivity index (χ1n) is 7.19. The highest BCUT2D eigenvalue weighted by molar-refractivity contribution is 7.89. The summed E-state index contributed by atoms with van der Waals surface area (Å²) in [5.74, 6) is 0.841. The van der Waals surface area contributed by atoms with E-state index in [2.05, 4.69) is 9.62 Å². The molecule has 0 aliphatic rings. The van der Waals surface area contributed by atoms with Gasteiger partial charge in [-0.2, -0.15) is 0 Å². The Morgan fingerprint density at radius 1 is 1.09 bits per heavy atom. The van der Waals surface area contributed by atoms with Crippen LogP contribution in [0, 0.1) is 6.92 Å². The number of ether oxygens (including phenoxy) is 2. The van der Waals surface area contributed by atoms with E-state index in [1.54, 1.807) is 6.07 Å². The molecular weight excluding hydrogens is 304 g/mol. The zero-order chi connectivity index (χ0) is 16.8. The predicted molar refractivity (Wildman–Crippen MR) is 87.3 cm³/mol. The maximum absolute atomic E-state index is 12.4. The molecule has 126 valence electrons. The molecule has 1 aromatic carbocycles. The summed E-state index contributed by atoms with van der Waals surface area (Å²) in [5.41, 5.74) is 0.823. The van der Waals surface area contributed by atoms with Crippen LogP contribution in [0.4, 0.5) is 0 Å². The first-order valence-corrected chi connectivity index (χ1v) is 8.67. The number of rotatable bonds is 9. The summed E-state index contributed by atoms with van der Waals surface area (Å²) in [6.45, 7) is 3.17. The first kappa shape index (κ1) is 18.7. The second-order valence-corrected chi connectivity index (χ2v) is 7.12. The molecule has 22 heavy (non-hydrogen) atoms. The average Bonchev–Trinajstić information content (AvgIpc) is 2.45. The molecule has 0 radical (unpaired) electrons. The maximum Gasteiger partial charge on any atom is 0.244 e.